The van der Waals surface area contributed by atoms with Crippen LogP contribution in [-0.4, -0.2) is 91.6 Å². The monoisotopic (exact) mass is 601 g/mol. The Labute approximate surface area is 247 Å². The number of halogens is 2. The molecule has 3 aromatic heterocycles. The van der Waals surface area contributed by atoms with Crippen LogP contribution in [0.1, 0.15) is 52.7 Å². The van der Waals surface area contributed by atoms with Crippen LogP contribution in [0.4, 0.5) is 23.3 Å². The standard InChI is InChI=1S/C26H33Cl2N11O2/c1-3-15-13-38(24-21(28)33-20(23(30)34-24)25(40)32-19-12-14(2)35-36-19)10-11-39(15)16-6-8-37(9-7-16)26(41)17-4-5-18(27)31-22(17)29/h4-5,12,15-16H,3,6-11,13H2,1-2H3,(H2,29,31)(H2,30,34)(H2,32,35,36,40)/t15-/m0/s1. The van der Waals surface area contributed by atoms with Gasteiger partial charge in [-0.15, -0.1) is 0 Å². The van der Waals surface area contributed by atoms with Crippen molar-refractivity contribution in [3.05, 3.63) is 45.5 Å². The summed E-state index contributed by atoms with van der Waals surface area (Å²) in [6.07, 6.45) is 2.64. The van der Waals surface area contributed by atoms with Gasteiger partial charge in [0.2, 0.25) is 0 Å². The number of nitrogens with two attached hydrogens (primary N) is 2. The molecule has 0 unspecified atom stereocenters. The Bertz CT molecular complexity index is 1440. The summed E-state index contributed by atoms with van der Waals surface area (Å²) in [7, 11) is 0. The van der Waals surface area contributed by atoms with Crippen molar-refractivity contribution < 1.29 is 9.59 Å². The van der Waals surface area contributed by atoms with Crippen molar-refractivity contribution in [2.75, 3.05) is 54.4 Å². The predicted octanol–water partition coefficient (Wildman–Crippen LogP) is 2.83. The lowest BCUT2D eigenvalue weighted by atomic mass is 9.97. The SMILES string of the molecule is CC[C@H]1CN(c2nc(N)c(C(=O)Nc3cc(C)[nH]n3)nc2Cl)CCN1C1CCN(C(=O)c2ccc(Cl)nc2N)CC1. The lowest BCUT2D eigenvalue weighted by Crippen LogP contribution is -2.58. The van der Waals surface area contributed by atoms with Gasteiger partial charge < -0.3 is 26.6 Å². The summed E-state index contributed by atoms with van der Waals surface area (Å²) in [5, 5.41) is 9.79. The molecular formula is C26H33Cl2N11O2. The number of amides is 2. The normalized spacial score (nSPS) is 18.5. The Morgan fingerprint density at radius 1 is 1.07 bits per heavy atom. The number of aromatic amines is 1. The van der Waals surface area contributed by atoms with Crippen molar-refractivity contribution in [3.8, 4) is 0 Å². The van der Waals surface area contributed by atoms with Crippen molar-refractivity contribution >= 4 is 58.3 Å². The van der Waals surface area contributed by atoms with Crippen LogP contribution in [-0.2, 0) is 0 Å². The van der Waals surface area contributed by atoms with Crippen LogP contribution in [0.3, 0.4) is 0 Å². The topological polar surface area (TPSA) is 175 Å². The highest BCUT2D eigenvalue weighted by molar-refractivity contribution is 6.32. The molecule has 13 nitrogen and oxygen atoms in total. The van der Waals surface area contributed by atoms with E-state index in [0.29, 0.717) is 49.4 Å². The number of rotatable bonds is 6. The molecule has 0 radical (unpaired) electrons. The summed E-state index contributed by atoms with van der Waals surface area (Å²) in [6, 6.07) is 5.49. The van der Waals surface area contributed by atoms with Crippen molar-refractivity contribution in [1.29, 1.82) is 0 Å². The van der Waals surface area contributed by atoms with E-state index < -0.39 is 5.91 Å². The molecule has 2 saturated heterocycles. The quantitative estimate of drug-likeness (QED) is 0.307. The molecule has 5 rings (SSSR count). The number of likely N-dealkylation sites (tertiary alicyclic amines) is 1. The number of aromatic nitrogens is 5. The maximum Gasteiger partial charge on any atom is 0.279 e. The van der Waals surface area contributed by atoms with Gasteiger partial charge in [0.15, 0.2) is 28.3 Å². The zero-order chi connectivity index (χ0) is 29.3. The van der Waals surface area contributed by atoms with Gasteiger partial charge in [-0.25, -0.2) is 15.0 Å². The van der Waals surface area contributed by atoms with Crippen LogP contribution in [0.15, 0.2) is 18.2 Å². The third kappa shape index (κ3) is 6.16. The number of carbonyl (C=O) groups is 2. The number of hydrogen-bond donors (Lipinski definition) is 4. The number of anilines is 4. The molecule has 0 bridgehead atoms. The lowest BCUT2D eigenvalue weighted by Gasteiger charge is -2.47. The van der Waals surface area contributed by atoms with E-state index in [9.17, 15) is 9.59 Å². The molecule has 2 aliphatic heterocycles. The molecule has 2 fully saturated rings. The molecular weight excluding hydrogens is 569 g/mol. The second kappa shape index (κ2) is 12.0. The highest BCUT2D eigenvalue weighted by atomic mass is 35.5. The van der Waals surface area contributed by atoms with Gasteiger partial charge in [0, 0.05) is 56.6 Å². The zero-order valence-corrected chi connectivity index (χ0v) is 24.4. The lowest BCUT2D eigenvalue weighted by molar-refractivity contribution is 0.0491. The first kappa shape index (κ1) is 28.8. The number of pyridine rings is 1. The minimum Gasteiger partial charge on any atom is -0.383 e. The molecule has 2 amide bonds. The molecule has 1 atom stereocenters. The number of carbonyl (C=O) groups excluding carboxylic acids is 2. The van der Waals surface area contributed by atoms with Gasteiger partial charge in [-0.3, -0.25) is 19.6 Å². The van der Waals surface area contributed by atoms with Gasteiger partial charge in [-0.2, -0.15) is 5.10 Å². The number of hydrogen-bond acceptors (Lipinski definition) is 10. The predicted molar refractivity (Wildman–Crippen MR) is 158 cm³/mol. The van der Waals surface area contributed by atoms with Crippen LogP contribution in [0.5, 0.6) is 0 Å². The summed E-state index contributed by atoms with van der Waals surface area (Å²) in [4.78, 5) is 44.9. The van der Waals surface area contributed by atoms with Crippen LogP contribution in [0.2, 0.25) is 10.3 Å². The molecule has 41 heavy (non-hydrogen) atoms. The van der Waals surface area contributed by atoms with E-state index in [-0.39, 0.29) is 39.6 Å². The van der Waals surface area contributed by atoms with Gasteiger partial charge in [0.1, 0.15) is 11.0 Å². The van der Waals surface area contributed by atoms with Crippen LogP contribution in [0, 0.1) is 6.92 Å². The molecule has 0 aromatic carbocycles. The van der Waals surface area contributed by atoms with Gasteiger partial charge in [0.25, 0.3) is 11.8 Å². The maximum absolute atomic E-state index is 13.0. The molecule has 2 aliphatic rings. The first-order valence-electron chi connectivity index (χ1n) is 13.5. The van der Waals surface area contributed by atoms with E-state index in [0.717, 1.165) is 31.5 Å². The van der Waals surface area contributed by atoms with Crippen LogP contribution >= 0.6 is 23.2 Å². The van der Waals surface area contributed by atoms with Crippen molar-refractivity contribution in [3.63, 3.8) is 0 Å². The van der Waals surface area contributed by atoms with Gasteiger partial charge >= 0.3 is 0 Å². The van der Waals surface area contributed by atoms with Crippen LogP contribution < -0.4 is 21.7 Å². The number of H-pyrrole nitrogens is 1. The number of aryl methyl sites for hydroxylation is 1. The average Bonchev–Trinajstić information content (AvgIpc) is 3.37. The smallest absolute Gasteiger partial charge is 0.279 e. The maximum atomic E-state index is 13.0. The highest BCUT2D eigenvalue weighted by Crippen LogP contribution is 2.30. The minimum absolute atomic E-state index is 0.00167. The molecule has 5 heterocycles. The molecule has 0 saturated carbocycles. The fourth-order valence-corrected chi connectivity index (χ4v) is 5.95. The fraction of sp³-hybridized carbons (Fsp3) is 0.462. The summed E-state index contributed by atoms with van der Waals surface area (Å²) < 4.78 is 0. The van der Waals surface area contributed by atoms with Crippen LogP contribution in [0.25, 0.3) is 0 Å². The Hall–Kier alpha value is -3.68. The molecule has 3 aromatic rings. The summed E-state index contributed by atoms with van der Waals surface area (Å²) in [6.45, 7) is 7.41. The number of piperazine rings is 1. The van der Waals surface area contributed by atoms with Gasteiger partial charge in [-0.1, -0.05) is 30.1 Å². The molecule has 218 valence electrons. The first-order chi connectivity index (χ1) is 19.6. The molecule has 0 aliphatic carbocycles. The minimum atomic E-state index is -0.536. The summed E-state index contributed by atoms with van der Waals surface area (Å²) in [5.41, 5.74) is 13.2. The third-order valence-electron chi connectivity index (χ3n) is 7.67. The van der Waals surface area contributed by atoms with Crippen molar-refractivity contribution in [1.82, 2.24) is 34.9 Å². The first-order valence-corrected chi connectivity index (χ1v) is 14.3. The Kier molecular flexibility index (Phi) is 8.47. The van der Waals surface area contributed by atoms with Crippen molar-refractivity contribution in [2.45, 2.75) is 45.2 Å². The third-order valence-corrected chi connectivity index (χ3v) is 8.13. The Morgan fingerprint density at radius 3 is 2.49 bits per heavy atom. The second-order valence-corrected chi connectivity index (χ2v) is 11.0. The number of nitrogen functional groups attached to an aromatic ring is 2. The van der Waals surface area contributed by atoms with E-state index in [2.05, 4.69) is 47.2 Å². The van der Waals surface area contributed by atoms with E-state index >= 15 is 0 Å². The van der Waals surface area contributed by atoms with E-state index in [1.54, 1.807) is 18.2 Å². The molecule has 0 spiro atoms. The number of piperidine rings is 1. The molecule has 6 N–H and O–H groups in total. The van der Waals surface area contributed by atoms with E-state index in [4.69, 9.17) is 34.7 Å². The van der Waals surface area contributed by atoms with Gasteiger partial charge in [0.05, 0.1) is 5.56 Å². The Morgan fingerprint density at radius 2 is 1.83 bits per heavy atom. The number of nitrogens with zero attached hydrogens (tertiary/aromatic N) is 7. The molecule has 15 heteroatoms. The van der Waals surface area contributed by atoms with E-state index in [1.165, 1.54) is 0 Å². The zero-order valence-electron chi connectivity index (χ0n) is 22.9. The summed E-state index contributed by atoms with van der Waals surface area (Å²) >= 11 is 12.4. The van der Waals surface area contributed by atoms with Crippen molar-refractivity contribution in [2.24, 2.45) is 0 Å². The number of nitrogens with one attached hydrogen (secondary N) is 2. The largest absolute Gasteiger partial charge is 0.383 e. The van der Waals surface area contributed by atoms with E-state index in [1.807, 2.05) is 11.8 Å². The fourth-order valence-electron chi connectivity index (χ4n) is 5.55. The summed E-state index contributed by atoms with van der Waals surface area (Å²) in [5.74, 6) is 0.311. The Balaban J connectivity index is 1.21. The average molecular weight is 603 g/mol. The second-order valence-electron chi connectivity index (χ2n) is 10.3. The van der Waals surface area contributed by atoms with Gasteiger partial charge in [-0.05, 0) is 38.3 Å². The highest BCUT2D eigenvalue weighted by Gasteiger charge is 2.35.